The zero-order valence-corrected chi connectivity index (χ0v) is 48.6. The van der Waals surface area contributed by atoms with Crippen LogP contribution in [0.2, 0.25) is 0 Å². The van der Waals surface area contributed by atoms with Crippen LogP contribution in [-0.2, 0) is 45.0 Å². The number of piperidine rings is 1. The SMILES string of the molecule is CCC(C=C1OC(=O)C2=C3c4cc(O)ccc4-c4cccc(c4)CNCCc4cc(CNCC(C)C)cc(c4)C(NCC(C)O)C4CCC(C5CCNC(NC)C5)(CC=C5OC(=O)C6=C5CCC5C3CCC12C65)C4)Cc1ccccc1. The van der Waals surface area contributed by atoms with Gasteiger partial charge in [0.1, 0.15) is 17.3 Å². The molecule has 1 spiro atoms. The minimum Gasteiger partial charge on any atom is -0.508 e. The van der Waals surface area contributed by atoms with Gasteiger partial charge in [-0.3, -0.25) is 0 Å². The fourth-order valence-corrected chi connectivity index (χ4v) is 16.8. The topological polar surface area (TPSA) is 153 Å². The van der Waals surface area contributed by atoms with Crippen LogP contribution >= 0.6 is 0 Å². The van der Waals surface area contributed by atoms with Gasteiger partial charge < -0.3 is 46.3 Å². The summed E-state index contributed by atoms with van der Waals surface area (Å²) in [6, 6.07) is 32.2. The predicted molar refractivity (Wildman–Crippen MR) is 320 cm³/mol. The number of cyclic esters (lactones) is 1. The van der Waals surface area contributed by atoms with E-state index in [1.165, 1.54) is 22.3 Å². The fraction of sp³-hybridized carbons (Fsp3) is 0.514. The normalized spacial score (nSPS) is 30.2. The van der Waals surface area contributed by atoms with Crippen molar-refractivity contribution in [2.24, 2.45) is 52.3 Å². The van der Waals surface area contributed by atoms with Gasteiger partial charge in [-0.1, -0.05) is 93.6 Å². The van der Waals surface area contributed by atoms with Gasteiger partial charge in [-0.15, -0.1) is 0 Å². The molecule has 5 heterocycles. The highest BCUT2D eigenvalue weighted by Crippen LogP contribution is 2.72. The molecule has 4 fully saturated rings. The van der Waals surface area contributed by atoms with E-state index < -0.39 is 11.5 Å². The highest BCUT2D eigenvalue weighted by molar-refractivity contribution is 6.07. The van der Waals surface area contributed by atoms with E-state index in [-0.39, 0.29) is 59.0 Å². The van der Waals surface area contributed by atoms with Crippen LogP contribution in [-0.4, -0.2) is 67.6 Å². The Hall–Kier alpha value is -5.66. The Morgan fingerprint density at radius 3 is 2.51 bits per heavy atom. The zero-order valence-electron chi connectivity index (χ0n) is 48.6. The van der Waals surface area contributed by atoms with Crippen LogP contribution in [0.5, 0.6) is 5.75 Å². The van der Waals surface area contributed by atoms with Crippen molar-refractivity contribution in [3.63, 3.8) is 0 Å². The average Bonchev–Trinajstić information content (AvgIpc) is 1.93. The molecule has 11 heteroatoms. The Morgan fingerprint density at radius 1 is 0.827 bits per heavy atom. The summed E-state index contributed by atoms with van der Waals surface area (Å²) in [6.45, 7) is 13.2. The predicted octanol–water partition coefficient (Wildman–Crippen LogP) is 11.5. The lowest BCUT2D eigenvalue weighted by atomic mass is 9.44. The van der Waals surface area contributed by atoms with Crippen LogP contribution < -0.4 is 26.6 Å². The van der Waals surface area contributed by atoms with Gasteiger partial charge in [-0.05, 0) is 238 Å². The number of ether oxygens (including phenoxy) is 2. The van der Waals surface area contributed by atoms with Gasteiger partial charge in [0.25, 0.3) is 0 Å². The first kappa shape index (κ1) is 55.9. The molecule has 5 aliphatic heterocycles. The van der Waals surface area contributed by atoms with Crippen molar-refractivity contribution in [3.05, 3.63) is 165 Å². The summed E-state index contributed by atoms with van der Waals surface area (Å²) < 4.78 is 13.5. The summed E-state index contributed by atoms with van der Waals surface area (Å²) in [5.41, 5.74) is 11.6. The number of fused-ring (bicyclic) bond motifs is 5. The van der Waals surface area contributed by atoms with Crippen molar-refractivity contribution in [1.29, 1.82) is 0 Å². The van der Waals surface area contributed by atoms with Crippen LogP contribution in [0.3, 0.4) is 0 Å². The second-order valence-electron chi connectivity index (χ2n) is 26.0. The molecule has 0 radical (unpaired) electrons. The van der Waals surface area contributed by atoms with Crippen molar-refractivity contribution >= 4 is 17.5 Å². The maximum atomic E-state index is 15.3. The van der Waals surface area contributed by atoms with Gasteiger partial charge in [0.15, 0.2) is 0 Å². The number of aromatic hydroxyl groups is 1. The maximum Gasteiger partial charge on any atom is 0.340 e. The van der Waals surface area contributed by atoms with E-state index in [4.69, 9.17) is 9.47 Å². The number of rotatable bonds is 13. The standard InChI is InChI=1S/C70H87N5O6/c1-6-44(29-45-11-8-7-9-12-45)34-60-70-26-20-55-56-17-18-57-59(80-67(78)63(57)64(56)70)21-25-69(52-23-28-74-61(35-52)71-5)24-19-50(37-69)66(75-39-43(4)76)51-31-46(30-48(33-51)41-73-38-42(2)3)22-27-72-40-47-13-10-14-49(32-47)54-16-15-53(77)36-58(54)62(55)65(70)68(79)81-60/h7-16,21,30-34,36,42-44,50,52,55-56,61,64,66,71-77H,6,17-20,22-29,35,37-41H2,1-5H3. The van der Waals surface area contributed by atoms with E-state index >= 15 is 9.59 Å². The van der Waals surface area contributed by atoms with Crippen molar-refractivity contribution in [2.45, 2.75) is 143 Å². The molecule has 4 aromatic carbocycles. The lowest BCUT2D eigenvalue weighted by Gasteiger charge is -2.56. The fourth-order valence-electron chi connectivity index (χ4n) is 16.8. The van der Waals surface area contributed by atoms with E-state index in [0.29, 0.717) is 55.0 Å². The lowest BCUT2D eigenvalue weighted by Crippen LogP contribution is -2.52. The quantitative estimate of drug-likeness (QED) is 0.0641. The van der Waals surface area contributed by atoms with Crippen LogP contribution in [0.4, 0.5) is 0 Å². The van der Waals surface area contributed by atoms with Crippen molar-refractivity contribution in [2.75, 3.05) is 33.2 Å². The largest absolute Gasteiger partial charge is 0.508 e. The van der Waals surface area contributed by atoms with Crippen molar-refractivity contribution < 1.29 is 29.3 Å². The zero-order chi connectivity index (χ0) is 56.0. The third-order valence-corrected chi connectivity index (χ3v) is 20.5. The first-order chi connectivity index (χ1) is 39.3. The molecule has 14 rings (SSSR count). The summed E-state index contributed by atoms with van der Waals surface area (Å²) >= 11 is 0. The second kappa shape index (κ2) is 23.5. The van der Waals surface area contributed by atoms with E-state index in [2.05, 4.69) is 133 Å². The van der Waals surface area contributed by atoms with Gasteiger partial charge in [0, 0.05) is 42.7 Å². The molecule has 2 saturated heterocycles. The van der Waals surface area contributed by atoms with Gasteiger partial charge in [-0.25, -0.2) is 9.59 Å². The summed E-state index contributed by atoms with van der Waals surface area (Å²) in [5, 5.41) is 41.2. The number of esters is 2. The Kier molecular flexibility index (Phi) is 16.2. The molecule has 4 aromatic rings. The van der Waals surface area contributed by atoms with Gasteiger partial charge in [-0.2, -0.15) is 0 Å². The van der Waals surface area contributed by atoms with Crippen LogP contribution in [0.15, 0.2) is 131 Å². The minimum absolute atomic E-state index is 0.0373. The number of phenolic OH excluding ortho intramolecular Hbond substituents is 1. The van der Waals surface area contributed by atoms with E-state index in [9.17, 15) is 10.2 Å². The highest BCUT2D eigenvalue weighted by Gasteiger charge is 2.68. The molecule has 2 saturated carbocycles. The average molecular weight is 1090 g/mol. The summed E-state index contributed by atoms with van der Waals surface area (Å²) in [4.78, 5) is 30.5. The number of carbonyl (C=O) groups excluding carboxylic acids is 2. The monoisotopic (exact) mass is 1090 g/mol. The van der Waals surface area contributed by atoms with Gasteiger partial charge in [0.2, 0.25) is 0 Å². The number of aliphatic hydroxyl groups is 1. The number of allylic oxidation sites excluding steroid dienone is 5. The van der Waals surface area contributed by atoms with Gasteiger partial charge in [0.05, 0.1) is 23.3 Å². The van der Waals surface area contributed by atoms with Crippen molar-refractivity contribution in [1.82, 2.24) is 26.6 Å². The second-order valence-corrected chi connectivity index (χ2v) is 26.0. The third kappa shape index (κ3) is 10.9. The molecular weight excluding hydrogens is 1010 g/mol. The highest BCUT2D eigenvalue weighted by atomic mass is 16.6. The molecule has 11 nitrogen and oxygen atoms in total. The number of aliphatic hydroxyl groups excluding tert-OH is 1. The third-order valence-electron chi connectivity index (χ3n) is 20.5. The smallest absolute Gasteiger partial charge is 0.340 e. The Bertz CT molecular complexity index is 3140. The summed E-state index contributed by atoms with van der Waals surface area (Å²) in [6.07, 6.45) is 15.9. The molecule has 14 bridgehead atoms. The molecule has 428 valence electrons. The maximum absolute atomic E-state index is 15.3. The number of carbonyl (C=O) groups is 2. The number of phenols is 1. The summed E-state index contributed by atoms with van der Waals surface area (Å²) in [7, 11) is 2.06. The number of hydrogen-bond acceptors (Lipinski definition) is 11. The van der Waals surface area contributed by atoms with E-state index in [1.807, 2.05) is 25.1 Å². The van der Waals surface area contributed by atoms with Crippen LogP contribution in [0, 0.1) is 52.3 Å². The lowest BCUT2D eigenvalue weighted by molar-refractivity contribution is -0.135. The first-order valence-electron chi connectivity index (χ1n) is 31.0. The number of nitrogens with one attached hydrogen (secondary N) is 5. The van der Waals surface area contributed by atoms with E-state index in [1.54, 1.807) is 6.07 Å². The summed E-state index contributed by atoms with van der Waals surface area (Å²) in [5.74, 6) is 2.02. The molecule has 11 unspecified atom stereocenters. The number of hydrogen-bond donors (Lipinski definition) is 7. The van der Waals surface area contributed by atoms with Crippen LogP contribution in [0.25, 0.3) is 16.7 Å². The Morgan fingerprint density at radius 2 is 1.69 bits per heavy atom. The van der Waals surface area contributed by atoms with E-state index in [0.717, 1.165) is 142 Å². The molecule has 5 aliphatic carbocycles. The molecule has 10 aliphatic rings. The molecule has 81 heavy (non-hydrogen) atoms. The Balaban J connectivity index is 1.02. The first-order valence-corrected chi connectivity index (χ1v) is 31.0. The molecule has 0 aromatic heterocycles. The Labute approximate surface area is 480 Å². The number of benzene rings is 4. The molecular formula is C70H87N5O6. The van der Waals surface area contributed by atoms with Crippen molar-refractivity contribution in [3.8, 4) is 16.9 Å². The minimum atomic E-state index is -0.890. The molecule has 7 N–H and O–H groups in total. The molecule has 0 amide bonds. The molecule has 11 atom stereocenters. The van der Waals surface area contributed by atoms with Gasteiger partial charge >= 0.3 is 11.9 Å². The van der Waals surface area contributed by atoms with Crippen LogP contribution in [0.1, 0.15) is 138 Å².